The second-order valence-electron chi connectivity index (χ2n) is 8.01. The minimum atomic E-state index is -0.416. The van der Waals surface area contributed by atoms with Crippen molar-refractivity contribution in [1.29, 1.82) is 0 Å². The Labute approximate surface area is 196 Å². The Morgan fingerprint density at radius 2 is 2.09 bits per heavy atom. The molecule has 1 aromatic heterocycles. The number of nitrogens with zero attached hydrogens (tertiary/aromatic N) is 3. The molecular formula is C24H26ClN3O3S. The zero-order valence-corrected chi connectivity index (χ0v) is 19.9. The number of carbonyl (C=O) groups is 1. The van der Waals surface area contributed by atoms with Crippen LogP contribution >= 0.6 is 23.4 Å². The standard InChI is InChI=1S/C24H26ClN3O3S/c1-15-13-17-7-4-5-8-21(17)28(15)22(29)16(2)32-24-26-20-14-18(25)9-10-19(20)23(30)27(24)11-6-12-31-3/h4-5,7-10,14-16H,6,11-13H2,1-3H3. The van der Waals surface area contributed by atoms with Gasteiger partial charge in [-0.2, -0.15) is 0 Å². The predicted molar refractivity (Wildman–Crippen MR) is 130 cm³/mol. The third-order valence-electron chi connectivity index (χ3n) is 5.69. The molecule has 168 valence electrons. The van der Waals surface area contributed by atoms with Gasteiger partial charge in [0.25, 0.3) is 5.56 Å². The van der Waals surface area contributed by atoms with Crippen LogP contribution in [-0.2, 0) is 22.5 Å². The zero-order valence-electron chi connectivity index (χ0n) is 18.4. The molecule has 0 bridgehead atoms. The van der Waals surface area contributed by atoms with Gasteiger partial charge in [0, 0.05) is 37.0 Å². The lowest BCUT2D eigenvalue weighted by Gasteiger charge is -2.26. The second-order valence-corrected chi connectivity index (χ2v) is 9.75. The highest BCUT2D eigenvalue weighted by Gasteiger charge is 2.34. The molecule has 3 aromatic rings. The highest BCUT2D eigenvalue weighted by atomic mass is 35.5. The Kier molecular flexibility index (Phi) is 6.88. The molecule has 1 aliphatic rings. The molecule has 1 amide bonds. The Morgan fingerprint density at radius 3 is 2.88 bits per heavy atom. The van der Waals surface area contributed by atoms with Gasteiger partial charge in [-0.25, -0.2) is 4.98 Å². The van der Waals surface area contributed by atoms with Gasteiger partial charge in [-0.1, -0.05) is 41.6 Å². The Bertz CT molecular complexity index is 1210. The first-order valence-electron chi connectivity index (χ1n) is 10.7. The number of halogens is 1. The van der Waals surface area contributed by atoms with Crippen LogP contribution < -0.4 is 10.5 Å². The van der Waals surface area contributed by atoms with E-state index in [1.807, 2.05) is 30.0 Å². The quantitative estimate of drug-likeness (QED) is 0.287. The topological polar surface area (TPSA) is 64.4 Å². The first kappa shape index (κ1) is 22.8. The van der Waals surface area contributed by atoms with Crippen molar-refractivity contribution in [3.63, 3.8) is 0 Å². The van der Waals surface area contributed by atoms with Gasteiger partial charge in [0.15, 0.2) is 5.16 Å². The van der Waals surface area contributed by atoms with E-state index >= 15 is 0 Å². The molecule has 4 rings (SSSR count). The van der Waals surface area contributed by atoms with Crippen LogP contribution in [0.4, 0.5) is 5.69 Å². The van der Waals surface area contributed by atoms with Crippen LogP contribution in [0.2, 0.25) is 5.02 Å². The van der Waals surface area contributed by atoms with Crippen molar-refractivity contribution in [2.45, 2.75) is 49.7 Å². The van der Waals surface area contributed by atoms with E-state index in [1.54, 1.807) is 29.9 Å². The van der Waals surface area contributed by atoms with Crippen molar-refractivity contribution in [3.05, 3.63) is 63.4 Å². The molecule has 0 saturated heterocycles. The number of methoxy groups -OCH3 is 1. The third-order valence-corrected chi connectivity index (χ3v) is 7.00. The van der Waals surface area contributed by atoms with Gasteiger partial charge in [0.2, 0.25) is 5.91 Å². The molecule has 8 heteroatoms. The SMILES string of the molecule is COCCCn1c(SC(C)C(=O)N2c3ccccc3CC2C)nc2cc(Cl)ccc2c1=O. The Balaban J connectivity index is 1.67. The van der Waals surface area contributed by atoms with Crippen molar-refractivity contribution in [2.24, 2.45) is 0 Å². The zero-order chi connectivity index (χ0) is 22.8. The van der Waals surface area contributed by atoms with E-state index in [0.29, 0.717) is 40.7 Å². The van der Waals surface area contributed by atoms with E-state index in [4.69, 9.17) is 21.3 Å². The van der Waals surface area contributed by atoms with Crippen LogP contribution in [0.15, 0.2) is 52.4 Å². The summed E-state index contributed by atoms with van der Waals surface area (Å²) in [7, 11) is 1.63. The number of para-hydroxylation sites is 1. The molecule has 2 heterocycles. The maximum atomic E-state index is 13.4. The summed E-state index contributed by atoms with van der Waals surface area (Å²) in [5.41, 5.74) is 2.55. The molecule has 0 fully saturated rings. The summed E-state index contributed by atoms with van der Waals surface area (Å²) in [6.07, 6.45) is 1.51. The maximum Gasteiger partial charge on any atom is 0.262 e. The number of amides is 1. The number of hydrogen-bond donors (Lipinski definition) is 0. The van der Waals surface area contributed by atoms with Crippen molar-refractivity contribution in [1.82, 2.24) is 9.55 Å². The van der Waals surface area contributed by atoms with Gasteiger partial charge in [-0.05, 0) is 56.5 Å². The summed E-state index contributed by atoms with van der Waals surface area (Å²) in [4.78, 5) is 33.2. The highest BCUT2D eigenvalue weighted by Crippen LogP contribution is 2.34. The molecular weight excluding hydrogens is 446 g/mol. The average molecular weight is 472 g/mol. The smallest absolute Gasteiger partial charge is 0.262 e. The lowest BCUT2D eigenvalue weighted by Crippen LogP contribution is -2.40. The monoisotopic (exact) mass is 471 g/mol. The number of anilines is 1. The van der Waals surface area contributed by atoms with Gasteiger partial charge < -0.3 is 9.64 Å². The molecule has 0 aliphatic carbocycles. The fourth-order valence-electron chi connectivity index (χ4n) is 4.13. The summed E-state index contributed by atoms with van der Waals surface area (Å²) in [6.45, 7) is 4.93. The summed E-state index contributed by atoms with van der Waals surface area (Å²) in [5.74, 6) is 0.0105. The lowest BCUT2D eigenvalue weighted by atomic mass is 10.1. The van der Waals surface area contributed by atoms with E-state index in [1.165, 1.54) is 17.3 Å². The molecule has 2 aromatic carbocycles. The molecule has 1 aliphatic heterocycles. The van der Waals surface area contributed by atoms with E-state index < -0.39 is 5.25 Å². The third kappa shape index (κ3) is 4.42. The van der Waals surface area contributed by atoms with Gasteiger partial charge in [-0.3, -0.25) is 14.2 Å². The minimum Gasteiger partial charge on any atom is -0.385 e. The van der Waals surface area contributed by atoms with Crippen molar-refractivity contribution < 1.29 is 9.53 Å². The first-order chi connectivity index (χ1) is 15.4. The van der Waals surface area contributed by atoms with Gasteiger partial charge in [0.1, 0.15) is 0 Å². The Morgan fingerprint density at radius 1 is 1.31 bits per heavy atom. The number of fused-ring (bicyclic) bond motifs is 2. The van der Waals surface area contributed by atoms with E-state index in [9.17, 15) is 9.59 Å². The number of benzene rings is 2. The maximum absolute atomic E-state index is 13.4. The van der Waals surface area contributed by atoms with Gasteiger partial charge in [-0.15, -0.1) is 0 Å². The first-order valence-corrected chi connectivity index (χ1v) is 11.9. The predicted octanol–water partition coefficient (Wildman–Crippen LogP) is 4.54. The minimum absolute atomic E-state index is 0.0105. The molecule has 2 atom stereocenters. The van der Waals surface area contributed by atoms with E-state index in [0.717, 1.165) is 12.1 Å². The number of carbonyl (C=O) groups excluding carboxylic acids is 1. The van der Waals surface area contributed by atoms with Crippen LogP contribution in [-0.4, -0.2) is 40.5 Å². The number of hydrogen-bond acceptors (Lipinski definition) is 5. The van der Waals surface area contributed by atoms with Crippen LogP contribution in [0.3, 0.4) is 0 Å². The van der Waals surface area contributed by atoms with Crippen LogP contribution in [0.25, 0.3) is 10.9 Å². The molecule has 32 heavy (non-hydrogen) atoms. The number of rotatable bonds is 7. The van der Waals surface area contributed by atoms with Crippen molar-refractivity contribution in [3.8, 4) is 0 Å². The summed E-state index contributed by atoms with van der Waals surface area (Å²) >= 11 is 7.45. The summed E-state index contributed by atoms with van der Waals surface area (Å²) in [5, 5.41) is 1.13. The fourth-order valence-corrected chi connectivity index (χ4v) is 5.28. The van der Waals surface area contributed by atoms with Crippen LogP contribution in [0, 0.1) is 0 Å². The fraction of sp³-hybridized carbons (Fsp3) is 0.375. The van der Waals surface area contributed by atoms with Crippen molar-refractivity contribution >= 4 is 45.9 Å². The number of thioether (sulfide) groups is 1. The lowest BCUT2D eigenvalue weighted by molar-refractivity contribution is -0.118. The highest BCUT2D eigenvalue weighted by molar-refractivity contribution is 8.00. The van der Waals surface area contributed by atoms with Crippen molar-refractivity contribution in [2.75, 3.05) is 18.6 Å². The summed E-state index contributed by atoms with van der Waals surface area (Å²) < 4.78 is 6.80. The van der Waals surface area contributed by atoms with Gasteiger partial charge >= 0.3 is 0 Å². The second kappa shape index (κ2) is 9.65. The number of ether oxygens (including phenoxy) is 1. The molecule has 2 unspecified atom stereocenters. The van der Waals surface area contributed by atoms with Crippen LogP contribution in [0.1, 0.15) is 25.8 Å². The molecule has 6 nitrogen and oxygen atoms in total. The summed E-state index contributed by atoms with van der Waals surface area (Å²) in [6, 6.07) is 13.2. The van der Waals surface area contributed by atoms with Crippen LogP contribution in [0.5, 0.6) is 0 Å². The van der Waals surface area contributed by atoms with Gasteiger partial charge in [0.05, 0.1) is 16.2 Å². The number of aromatic nitrogens is 2. The molecule has 0 radical (unpaired) electrons. The van der Waals surface area contributed by atoms with E-state index in [-0.39, 0.29) is 17.5 Å². The Hall–Kier alpha value is -2.35. The molecule has 0 spiro atoms. The van der Waals surface area contributed by atoms with E-state index in [2.05, 4.69) is 13.0 Å². The molecule has 0 N–H and O–H groups in total. The molecule has 0 saturated carbocycles. The largest absolute Gasteiger partial charge is 0.385 e. The average Bonchev–Trinajstić information content (AvgIpc) is 3.10. The normalized spacial score (nSPS) is 16.4.